The van der Waals surface area contributed by atoms with Gasteiger partial charge < -0.3 is 4.90 Å². The van der Waals surface area contributed by atoms with Gasteiger partial charge in [0.1, 0.15) is 0 Å². The van der Waals surface area contributed by atoms with Crippen LogP contribution < -0.4 is 0 Å². The maximum absolute atomic E-state index is 2.56. The molecule has 2 saturated carbocycles. The molecule has 0 aromatic carbocycles. The van der Waals surface area contributed by atoms with E-state index in [1.807, 2.05) is 0 Å². The van der Waals surface area contributed by atoms with Crippen LogP contribution in [0.5, 0.6) is 0 Å². The van der Waals surface area contributed by atoms with Crippen molar-refractivity contribution in [3.8, 4) is 0 Å². The summed E-state index contributed by atoms with van der Waals surface area (Å²) in [6.45, 7) is 4.16. The van der Waals surface area contributed by atoms with E-state index in [-0.39, 0.29) is 0 Å². The first kappa shape index (κ1) is 9.21. The minimum Gasteiger partial charge on any atom is -0.301 e. The molecule has 1 nitrogen and oxygen atoms in total. The monoisotopic (exact) mass is 193 g/mol. The fraction of sp³-hybridized carbons (Fsp3) is 1.00. The summed E-state index contributed by atoms with van der Waals surface area (Å²) in [7, 11) is 0. The molecule has 1 heterocycles. The van der Waals surface area contributed by atoms with E-state index in [0.717, 1.165) is 17.8 Å². The smallest absolute Gasteiger partial charge is 0.0110 e. The lowest BCUT2D eigenvalue weighted by Gasteiger charge is -2.21. The molecule has 3 atom stereocenters. The van der Waals surface area contributed by atoms with Crippen LogP contribution in [0.1, 0.15) is 44.9 Å². The molecule has 2 bridgehead atoms. The van der Waals surface area contributed by atoms with E-state index in [1.54, 1.807) is 32.1 Å². The van der Waals surface area contributed by atoms with Crippen LogP contribution in [0.4, 0.5) is 0 Å². The van der Waals surface area contributed by atoms with Crippen LogP contribution in [0.3, 0.4) is 0 Å². The molecule has 3 aliphatic rings. The van der Waals surface area contributed by atoms with Crippen LogP contribution in [0.2, 0.25) is 0 Å². The molecule has 3 fully saturated rings. The summed E-state index contributed by atoms with van der Waals surface area (Å²) in [5.74, 6) is 3.45. The van der Waals surface area contributed by atoms with Crippen LogP contribution in [-0.4, -0.2) is 24.5 Å². The molecular formula is C13H23N. The Kier molecular flexibility index (Phi) is 2.53. The van der Waals surface area contributed by atoms with Crippen LogP contribution in [0.15, 0.2) is 0 Å². The maximum atomic E-state index is 2.56. The quantitative estimate of drug-likeness (QED) is 0.479. The largest absolute Gasteiger partial charge is 0.301 e. The van der Waals surface area contributed by atoms with E-state index in [1.165, 1.54) is 32.5 Å². The minimum atomic E-state index is 1.14. The molecule has 80 valence electrons. The standard InChI is InChI=1S/C13H23N/c1(2-6-14-7-8-14)3-12-9-11-4-5-13(12)10-11/h11-13H,1-10H2/t11-,12-,13+/m1/s1. The summed E-state index contributed by atoms with van der Waals surface area (Å²) < 4.78 is 0. The highest BCUT2D eigenvalue weighted by Crippen LogP contribution is 2.49. The lowest BCUT2D eigenvalue weighted by atomic mass is 9.85. The molecule has 2 aliphatic carbocycles. The van der Waals surface area contributed by atoms with Gasteiger partial charge >= 0.3 is 0 Å². The number of hydrogen-bond acceptors (Lipinski definition) is 1. The molecule has 0 N–H and O–H groups in total. The molecule has 14 heavy (non-hydrogen) atoms. The summed E-state index contributed by atoms with van der Waals surface area (Å²) in [6, 6.07) is 0. The van der Waals surface area contributed by atoms with E-state index in [4.69, 9.17) is 0 Å². The third-order valence-corrected chi connectivity index (χ3v) is 4.72. The van der Waals surface area contributed by atoms with E-state index in [2.05, 4.69) is 4.90 Å². The van der Waals surface area contributed by atoms with Crippen molar-refractivity contribution in [3.63, 3.8) is 0 Å². The average molecular weight is 193 g/mol. The van der Waals surface area contributed by atoms with Crippen molar-refractivity contribution in [2.75, 3.05) is 19.6 Å². The normalized spacial score (nSPS) is 40.7. The lowest BCUT2D eigenvalue weighted by molar-refractivity contribution is 0.303. The van der Waals surface area contributed by atoms with Gasteiger partial charge in [0.15, 0.2) is 0 Å². The second kappa shape index (κ2) is 3.84. The van der Waals surface area contributed by atoms with Gasteiger partial charge in [0.25, 0.3) is 0 Å². The van der Waals surface area contributed by atoms with Gasteiger partial charge in [0.05, 0.1) is 0 Å². The Hall–Kier alpha value is -0.0400. The average Bonchev–Trinajstić information content (AvgIpc) is 2.79. The number of fused-ring (bicyclic) bond motifs is 2. The van der Waals surface area contributed by atoms with Crippen LogP contribution in [0.25, 0.3) is 0 Å². The number of nitrogens with zero attached hydrogens (tertiary/aromatic N) is 1. The first-order valence-electron chi connectivity index (χ1n) is 6.64. The highest BCUT2D eigenvalue weighted by atomic mass is 15.2. The van der Waals surface area contributed by atoms with Gasteiger partial charge in [0, 0.05) is 13.1 Å². The van der Waals surface area contributed by atoms with Gasteiger partial charge in [-0.2, -0.15) is 0 Å². The van der Waals surface area contributed by atoms with Crippen molar-refractivity contribution >= 4 is 0 Å². The van der Waals surface area contributed by atoms with Crippen molar-refractivity contribution < 1.29 is 0 Å². The Balaban J connectivity index is 1.32. The number of unbranched alkanes of at least 4 members (excludes halogenated alkanes) is 1. The zero-order chi connectivity index (χ0) is 9.38. The zero-order valence-corrected chi connectivity index (χ0v) is 9.25. The van der Waals surface area contributed by atoms with E-state index >= 15 is 0 Å². The van der Waals surface area contributed by atoms with E-state index < -0.39 is 0 Å². The van der Waals surface area contributed by atoms with Crippen LogP contribution in [0, 0.1) is 17.8 Å². The molecule has 0 unspecified atom stereocenters. The van der Waals surface area contributed by atoms with E-state index in [0.29, 0.717) is 0 Å². The molecule has 1 aliphatic heterocycles. The molecule has 0 amide bonds. The molecule has 0 aromatic heterocycles. The fourth-order valence-electron chi connectivity index (χ4n) is 3.77. The fourth-order valence-corrected chi connectivity index (χ4v) is 3.77. The summed E-state index contributed by atoms with van der Waals surface area (Å²) in [5.41, 5.74) is 0. The summed E-state index contributed by atoms with van der Waals surface area (Å²) in [6.07, 6.45) is 10.8. The lowest BCUT2D eigenvalue weighted by Crippen LogP contribution is -2.10. The highest BCUT2D eigenvalue weighted by Gasteiger charge is 2.38. The second-order valence-corrected chi connectivity index (χ2v) is 5.77. The SMILES string of the molecule is C(CCN1CC1)C[C@@H]1C[C@H]2CC[C@H]1C2. The maximum Gasteiger partial charge on any atom is 0.0110 e. The van der Waals surface area contributed by atoms with Gasteiger partial charge in [0.2, 0.25) is 0 Å². The summed E-state index contributed by atoms with van der Waals surface area (Å²) >= 11 is 0. The van der Waals surface area contributed by atoms with E-state index in [9.17, 15) is 0 Å². The minimum absolute atomic E-state index is 1.14. The third-order valence-electron chi connectivity index (χ3n) is 4.72. The van der Waals surface area contributed by atoms with Crippen molar-refractivity contribution in [2.24, 2.45) is 17.8 Å². The van der Waals surface area contributed by atoms with Gasteiger partial charge in [-0.1, -0.05) is 19.3 Å². The molecule has 1 heteroatoms. The first-order valence-corrected chi connectivity index (χ1v) is 6.64. The number of rotatable bonds is 5. The predicted octanol–water partition coefficient (Wildman–Crippen LogP) is 2.91. The van der Waals surface area contributed by atoms with Gasteiger partial charge in [-0.3, -0.25) is 0 Å². The predicted molar refractivity (Wildman–Crippen MR) is 59.2 cm³/mol. The topological polar surface area (TPSA) is 3.01 Å². The van der Waals surface area contributed by atoms with Crippen molar-refractivity contribution in [1.29, 1.82) is 0 Å². The van der Waals surface area contributed by atoms with Crippen LogP contribution >= 0.6 is 0 Å². The summed E-state index contributed by atoms with van der Waals surface area (Å²) in [4.78, 5) is 2.56. The molecule has 0 radical (unpaired) electrons. The first-order chi connectivity index (χ1) is 6.92. The summed E-state index contributed by atoms with van der Waals surface area (Å²) in [5, 5.41) is 0. The molecule has 0 spiro atoms. The van der Waals surface area contributed by atoms with Gasteiger partial charge in [-0.25, -0.2) is 0 Å². The van der Waals surface area contributed by atoms with Crippen molar-refractivity contribution in [2.45, 2.75) is 44.9 Å². The molecule has 1 saturated heterocycles. The van der Waals surface area contributed by atoms with Gasteiger partial charge in [-0.05, 0) is 50.0 Å². The second-order valence-electron chi connectivity index (χ2n) is 5.77. The Morgan fingerprint density at radius 2 is 1.93 bits per heavy atom. The number of hydrogen-bond donors (Lipinski definition) is 0. The highest BCUT2D eigenvalue weighted by molar-refractivity contribution is 4.89. The van der Waals surface area contributed by atoms with Crippen molar-refractivity contribution in [3.05, 3.63) is 0 Å². The molecule has 3 rings (SSSR count). The Morgan fingerprint density at radius 1 is 1.00 bits per heavy atom. The zero-order valence-electron chi connectivity index (χ0n) is 9.25. The van der Waals surface area contributed by atoms with Crippen LogP contribution in [-0.2, 0) is 0 Å². The molecular weight excluding hydrogens is 170 g/mol. The Labute approximate surface area is 87.9 Å². The Morgan fingerprint density at radius 3 is 2.57 bits per heavy atom. The third kappa shape index (κ3) is 1.98. The molecule has 0 aromatic rings. The van der Waals surface area contributed by atoms with Crippen molar-refractivity contribution in [1.82, 2.24) is 4.90 Å². The Bertz CT molecular complexity index is 197. The van der Waals surface area contributed by atoms with Gasteiger partial charge in [-0.15, -0.1) is 0 Å².